The zero-order chi connectivity index (χ0) is 28.9. The smallest absolute Gasteiger partial charge is 0.417 e. The molecule has 0 spiro atoms. The number of aliphatic hydroxyl groups excluding tert-OH is 1. The van der Waals surface area contributed by atoms with Crippen LogP contribution in [0.3, 0.4) is 0 Å². The SMILES string of the molecule is CC(C)(C)OC(=O)N1C(=O)CC[C@@H]1[C@@H](O)[C@H](Cc1cc(F)cc(F)c1)N(Cc1ccccc1)Cc1ccccc1. The van der Waals surface area contributed by atoms with Crippen LogP contribution in [0.25, 0.3) is 0 Å². The summed E-state index contributed by atoms with van der Waals surface area (Å²) in [7, 11) is 0. The highest BCUT2D eigenvalue weighted by atomic mass is 19.1. The van der Waals surface area contributed by atoms with Crippen molar-refractivity contribution in [1.29, 1.82) is 0 Å². The van der Waals surface area contributed by atoms with E-state index in [9.17, 15) is 23.5 Å². The fraction of sp³-hybridized carbons (Fsp3) is 0.375. The van der Waals surface area contributed by atoms with Gasteiger partial charge in [0, 0.05) is 31.6 Å². The average molecular weight is 551 g/mol. The average Bonchev–Trinajstić information content (AvgIpc) is 3.28. The monoisotopic (exact) mass is 550 g/mol. The highest BCUT2D eigenvalue weighted by molar-refractivity contribution is 5.94. The molecule has 0 unspecified atom stereocenters. The van der Waals surface area contributed by atoms with Gasteiger partial charge in [0.1, 0.15) is 17.2 Å². The number of hydrogen-bond acceptors (Lipinski definition) is 5. The highest BCUT2D eigenvalue weighted by Gasteiger charge is 2.45. The van der Waals surface area contributed by atoms with Crippen LogP contribution >= 0.6 is 0 Å². The van der Waals surface area contributed by atoms with Crippen molar-refractivity contribution >= 4 is 12.0 Å². The lowest BCUT2D eigenvalue weighted by Crippen LogP contribution is -2.55. The Hall–Kier alpha value is -3.62. The van der Waals surface area contributed by atoms with E-state index >= 15 is 0 Å². The molecule has 3 atom stereocenters. The van der Waals surface area contributed by atoms with Crippen molar-refractivity contribution in [1.82, 2.24) is 9.80 Å². The second-order valence-corrected chi connectivity index (χ2v) is 11.3. The molecule has 4 rings (SSSR count). The minimum atomic E-state index is -1.22. The number of likely N-dealkylation sites (tertiary alicyclic amines) is 1. The molecular formula is C32H36F2N2O4. The summed E-state index contributed by atoms with van der Waals surface area (Å²) in [4.78, 5) is 29.0. The minimum absolute atomic E-state index is 0.0830. The van der Waals surface area contributed by atoms with E-state index in [4.69, 9.17) is 4.74 Å². The van der Waals surface area contributed by atoms with E-state index in [2.05, 4.69) is 0 Å². The molecule has 212 valence electrons. The summed E-state index contributed by atoms with van der Waals surface area (Å²) in [6.07, 6.45) is -1.62. The summed E-state index contributed by atoms with van der Waals surface area (Å²) in [5.74, 6) is -1.86. The number of amides is 2. The van der Waals surface area contributed by atoms with Crippen molar-refractivity contribution in [2.75, 3.05) is 0 Å². The zero-order valence-corrected chi connectivity index (χ0v) is 23.1. The fourth-order valence-electron chi connectivity index (χ4n) is 5.20. The van der Waals surface area contributed by atoms with Gasteiger partial charge in [-0.05, 0) is 62.4 Å². The van der Waals surface area contributed by atoms with E-state index in [1.165, 1.54) is 12.1 Å². The molecule has 3 aromatic carbocycles. The van der Waals surface area contributed by atoms with Crippen molar-refractivity contribution in [3.63, 3.8) is 0 Å². The second-order valence-electron chi connectivity index (χ2n) is 11.3. The van der Waals surface area contributed by atoms with Crippen LogP contribution in [0.5, 0.6) is 0 Å². The molecule has 3 aromatic rings. The lowest BCUT2D eigenvalue weighted by molar-refractivity contribution is -0.130. The van der Waals surface area contributed by atoms with Crippen LogP contribution in [0.4, 0.5) is 13.6 Å². The fourth-order valence-corrected chi connectivity index (χ4v) is 5.20. The van der Waals surface area contributed by atoms with Crippen LogP contribution in [0.15, 0.2) is 78.9 Å². The van der Waals surface area contributed by atoms with E-state index in [1.807, 2.05) is 65.6 Å². The first-order chi connectivity index (χ1) is 19.0. The molecule has 6 nitrogen and oxygen atoms in total. The third-order valence-electron chi connectivity index (χ3n) is 6.93. The first kappa shape index (κ1) is 29.4. The van der Waals surface area contributed by atoms with Gasteiger partial charge in [0.2, 0.25) is 5.91 Å². The summed E-state index contributed by atoms with van der Waals surface area (Å²) in [6.45, 7) is 5.96. The number of aliphatic hydroxyl groups is 1. The van der Waals surface area contributed by atoms with Crippen LogP contribution in [0.1, 0.15) is 50.3 Å². The van der Waals surface area contributed by atoms with Gasteiger partial charge >= 0.3 is 6.09 Å². The molecule has 0 bridgehead atoms. The Morgan fingerprint density at radius 1 is 0.950 bits per heavy atom. The van der Waals surface area contributed by atoms with Gasteiger partial charge in [-0.1, -0.05) is 60.7 Å². The number of benzene rings is 3. The third kappa shape index (κ3) is 7.73. The molecular weight excluding hydrogens is 514 g/mol. The lowest BCUT2D eigenvalue weighted by Gasteiger charge is -2.39. The molecule has 8 heteroatoms. The van der Waals surface area contributed by atoms with Gasteiger partial charge in [-0.25, -0.2) is 18.5 Å². The standard InChI is InChI=1S/C32H36F2N2O4/c1-32(2,3)40-31(39)36-27(14-15-29(36)37)30(38)28(18-24-16-25(33)19-26(34)17-24)35(20-22-10-6-4-7-11-22)21-23-12-8-5-9-13-23/h4-13,16-17,19,27-28,30,38H,14-15,18,20-21H2,1-3H3/t27-,28+,30-/m1/s1. The van der Waals surface area contributed by atoms with E-state index in [1.54, 1.807) is 20.8 Å². The van der Waals surface area contributed by atoms with E-state index in [0.29, 0.717) is 18.7 Å². The normalized spacial score (nSPS) is 17.2. The molecule has 0 saturated carbocycles. The van der Waals surface area contributed by atoms with Gasteiger partial charge in [-0.3, -0.25) is 9.69 Å². The van der Waals surface area contributed by atoms with E-state index in [0.717, 1.165) is 22.1 Å². The summed E-state index contributed by atoms with van der Waals surface area (Å²) >= 11 is 0. The van der Waals surface area contributed by atoms with Gasteiger partial charge < -0.3 is 9.84 Å². The quantitative estimate of drug-likeness (QED) is 0.361. The number of ether oxygens (including phenoxy) is 1. The summed E-state index contributed by atoms with van der Waals surface area (Å²) in [6, 6.07) is 21.1. The molecule has 0 aromatic heterocycles. The summed E-state index contributed by atoms with van der Waals surface area (Å²) < 4.78 is 33.9. The molecule has 0 aliphatic carbocycles. The number of hydrogen-bond donors (Lipinski definition) is 1. The Morgan fingerprint density at radius 2 is 1.48 bits per heavy atom. The number of halogens is 2. The number of carbonyl (C=O) groups is 2. The van der Waals surface area contributed by atoms with Crippen LogP contribution in [-0.4, -0.2) is 50.7 Å². The van der Waals surface area contributed by atoms with Crippen LogP contribution in [-0.2, 0) is 29.0 Å². The van der Waals surface area contributed by atoms with E-state index in [-0.39, 0.29) is 19.3 Å². The van der Waals surface area contributed by atoms with Gasteiger partial charge in [0.05, 0.1) is 12.1 Å². The first-order valence-corrected chi connectivity index (χ1v) is 13.5. The van der Waals surface area contributed by atoms with Crippen LogP contribution in [0, 0.1) is 11.6 Å². The zero-order valence-electron chi connectivity index (χ0n) is 23.1. The lowest BCUT2D eigenvalue weighted by atomic mass is 9.92. The number of nitrogens with zero attached hydrogens (tertiary/aromatic N) is 2. The Kier molecular flexibility index (Phi) is 9.32. The Balaban J connectivity index is 1.74. The second kappa shape index (κ2) is 12.7. The highest BCUT2D eigenvalue weighted by Crippen LogP contribution is 2.30. The van der Waals surface area contributed by atoms with Gasteiger partial charge in [0.15, 0.2) is 0 Å². The molecule has 1 saturated heterocycles. The van der Waals surface area contributed by atoms with Crippen molar-refractivity contribution in [2.24, 2.45) is 0 Å². The molecule has 1 heterocycles. The van der Waals surface area contributed by atoms with Gasteiger partial charge in [-0.2, -0.15) is 0 Å². The maximum absolute atomic E-state index is 14.2. The van der Waals surface area contributed by atoms with Crippen molar-refractivity contribution < 1.29 is 28.2 Å². The van der Waals surface area contributed by atoms with Crippen molar-refractivity contribution in [3.8, 4) is 0 Å². The summed E-state index contributed by atoms with van der Waals surface area (Å²) in [5, 5.41) is 11.9. The molecule has 1 fully saturated rings. The summed E-state index contributed by atoms with van der Waals surface area (Å²) in [5.41, 5.74) is 1.49. The molecule has 1 N–H and O–H groups in total. The minimum Gasteiger partial charge on any atom is -0.443 e. The Morgan fingerprint density at radius 3 is 1.98 bits per heavy atom. The predicted molar refractivity (Wildman–Crippen MR) is 148 cm³/mol. The van der Waals surface area contributed by atoms with Gasteiger partial charge in [-0.15, -0.1) is 0 Å². The predicted octanol–water partition coefficient (Wildman–Crippen LogP) is 5.87. The maximum atomic E-state index is 14.2. The maximum Gasteiger partial charge on any atom is 0.417 e. The topological polar surface area (TPSA) is 70.1 Å². The molecule has 40 heavy (non-hydrogen) atoms. The Labute approximate surface area is 234 Å². The molecule has 1 aliphatic heterocycles. The first-order valence-electron chi connectivity index (χ1n) is 13.5. The van der Waals surface area contributed by atoms with E-state index < -0.39 is 47.4 Å². The third-order valence-corrected chi connectivity index (χ3v) is 6.93. The molecule has 0 radical (unpaired) electrons. The van der Waals surface area contributed by atoms with Crippen molar-refractivity contribution in [2.45, 2.75) is 76.9 Å². The van der Waals surface area contributed by atoms with Gasteiger partial charge in [0.25, 0.3) is 0 Å². The number of imide groups is 1. The largest absolute Gasteiger partial charge is 0.443 e. The molecule has 2 amide bonds. The Bertz CT molecular complexity index is 1240. The number of carbonyl (C=O) groups excluding carboxylic acids is 2. The van der Waals surface area contributed by atoms with Crippen LogP contribution < -0.4 is 0 Å². The van der Waals surface area contributed by atoms with Crippen molar-refractivity contribution in [3.05, 3.63) is 107 Å². The molecule has 1 aliphatic rings. The van der Waals surface area contributed by atoms with Crippen LogP contribution in [0.2, 0.25) is 0 Å². The number of rotatable bonds is 9.